The summed E-state index contributed by atoms with van der Waals surface area (Å²) in [5.74, 6) is 0.996. The van der Waals surface area contributed by atoms with E-state index in [1.54, 1.807) is 18.1 Å². The smallest absolute Gasteiger partial charge is 0.293 e. The van der Waals surface area contributed by atoms with E-state index in [-0.39, 0.29) is 17.6 Å². The Kier molecular flexibility index (Phi) is 4.45. The largest absolute Gasteiger partial charge is 0.339 e. The van der Waals surface area contributed by atoms with Crippen molar-refractivity contribution in [2.75, 3.05) is 13.6 Å². The Hall–Kier alpha value is -2.24. The molecule has 0 aromatic carbocycles. The van der Waals surface area contributed by atoms with E-state index >= 15 is 0 Å². The maximum atomic E-state index is 12.2. The molecule has 0 atom stereocenters. The zero-order valence-corrected chi connectivity index (χ0v) is 12.0. The van der Waals surface area contributed by atoms with Crippen LogP contribution in [-0.2, 0) is 6.42 Å². The normalized spacial score (nSPS) is 10.8. The Balaban J connectivity index is 1.94. The number of amides is 1. The van der Waals surface area contributed by atoms with Gasteiger partial charge in [0, 0.05) is 37.8 Å². The van der Waals surface area contributed by atoms with E-state index in [4.69, 9.17) is 0 Å². The Morgan fingerprint density at radius 1 is 1.40 bits per heavy atom. The van der Waals surface area contributed by atoms with Gasteiger partial charge in [0.05, 0.1) is 0 Å². The third-order valence-corrected chi connectivity index (χ3v) is 3.02. The summed E-state index contributed by atoms with van der Waals surface area (Å²) in [5.41, 5.74) is 0.963. The standard InChI is InChI=1S/C14H19N5O/c1-10(2)12-16-13(18-17-12)14(20)19(3)9-7-11-6-4-5-8-15-11/h4-6,8,10H,7,9H2,1-3H3,(H,16,17,18). The highest BCUT2D eigenvalue weighted by atomic mass is 16.2. The van der Waals surface area contributed by atoms with Crippen LogP contribution in [0.2, 0.25) is 0 Å². The van der Waals surface area contributed by atoms with Crippen LogP contribution in [0, 0.1) is 0 Å². The number of pyridine rings is 1. The molecule has 0 aliphatic heterocycles. The van der Waals surface area contributed by atoms with Gasteiger partial charge in [0.25, 0.3) is 5.91 Å². The molecule has 0 aliphatic carbocycles. The maximum absolute atomic E-state index is 12.2. The fourth-order valence-corrected chi connectivity index (χ4v) is 1.73. The molecule has 2 aromatic heterocycles. The molecule has 106 valence electrons. The summed E-state index contributed by atoms with van der Waals surface area (Å²) in [6.07, 6.45) is 2.46. The molecule has 0 aliphatic rings. The van der Waals surface area contributed by atoms with Crippen LogP contribution < -0.4 is 0 Å². The second kappa shape index (κ2) is 6.27. The van der Waals surface area contributed by atoms with Gasteiger partial charge in [-0.05, 0) is 12.1 Å². The first-order valence-electron chi connectivity index (χ1n) is 6.65. The lowest BCUT2D eigenvalue weighted by atomic mass is 10.2. The van der Waals surface area contributed by atoms with Crippen molar-refractivity contribution in [3.8, 4) is 0 Å². The van der Waals surface area contributed by atoms with Crippen LogP contribution in [0.5, 0.6) is 0 Å². The van der Waals surface area contributed by atoms with E-state index in [1.165, 1.54) is 0 Å². The highest BCUT2D eigenvalue weighted by Gasteiger charge is 2.17. The van der Waals surface area contributed by atoms with Gasteiger partial charge < -0.3 is 4.90 Å². The third kappa shape index (κ3) is 3.40. The number of H-pyrrole nitrogens is 1. The van der Waals surface area contributed by atoms with E-state index in [2.05, 4.69) is 20.2 Å². The zero-order valence-electron chi connectivity index (χ0n) is 12.0. The molecule has 0 radical (unpaired) electrons. The minimum atomic E-state index is -0.177. The highest BCUT2D eigenvalue weighted by Crippen LogP contribution is 2.08. The van der Waals surface area contributed by atoms with Gasteiger partial charge in [-0.3, -0.25) is 14.9 Å². The number of nitrogens with zero attached hydrogens (tertiary/aromatic N) is 4. The van der Waals surface area contributed by atoms with Gasteiger partial charge in [0.2, 0.25) is 5.82 Å². The van der Waals surface area contributed by atoms with E-state index in [0.717, 1.165) is 11.5 Å². The van der Waals surface area contributed by atoms with Crippen molar-refractivity contribution in [1.29, 1.82) is 0 Å². The van der Waals surface area contributed by atoms with Gasteiger partial charge in [0.15, 0.2) is 0 Å². The molecule has 0 unspecified atom stereocenters. The van der Waals surface area contributed by atoms with Gasteiger partial charge in [-0.25, -0.2) is 4.98 Å². The summed E-state index contributed by atoms with van der Waals surface area (Å²) in [7, 11) is 1.75. The third-order valence-electron chi connectivity index (χ3n) is 3.02. The Morgan fingerprint density at radius 2 is 2.20 bits per heavy atom. The number of aromatic amines is 1. The van der Waals surface area contributed by atoms with Crippen LogP contribution in [-0.4, -0.2) is 44.6 Å². The number of hydrogen-bond acceptors (Lipinski definition) is 4. The molecule has 0 bridgehead atoms. The van der Waals surface area contributed by atoms with Crippen LogP contribution in [0.3, 0.4) is 0 Å². The lowest BCUT2D eigenvalue weighted by molar-refractivity contribution is 0.0784. The fourth-order valence-electron chi connectivity index (χ4n) is 1.73. The van der Waals surface area contributed by atoms with Crippen molar-refractivity contribution in [3.05, 3.63) is 41.7 Å². The number of hydrogen-bond donors (Lipinski definition) is 1. The average molecular weight is 273 g/mol. The molecule has 1 amide bonds. The SMILES string of the molecule is CC(C)c1nc(C(=O)N(C)CCc2ccccn2)n[nH]1. The summed E-state index contributed by atoms with van der Waals surface area (Å²) >= 11 is 0. The van der Waals surface area contributed by atoms with Gasteiger partial charge in [-0.1, -0.05) is 19.9 Å². The molecule has 0 saturated carbocycles. The van der Waals surface area contributed by atoms with Crippen molar-refractivity contribution >= 4 is 5.91 Å². The number of carbonyl (C=O) groups is 1. The van der Waals surface area contributed by atoms with E-state index in [9.17, 15) is 4.79 Å². The van der Waals surface area contributed by atoms with Crippen molar-refractivity contribution in [2.45, 2.75) is 26.2 Å². The quantitative estimate of drug-likeness (QED) is 0.898. The molecule has 6 heteroatoms. The molecule has 0 spiro atoms. The molecular formula is C14H19N5O. The van der Waals surface area contributed by atoms with Crippen molar-refractivity contribution in [2.24, 2.45) is 0 Å². The lowest BCUT2D eigenvalue weighted by Crippen LogP contribution is -2.29. The topological polar surface area (TPSA) is 74.8 Å². The van der Waals surface area contributed by atoms with Crippen molar-refractivity contribution in [3.63, 3.8) is 0 Å². The summed E-state index contributed by atoms with van der Waals surface area (Å²) in [4.78, 5) is 22.2. The summed E-state index contributed by atoms with van der Waals surface area (Å²) in [6, 6.07) is 5.76. The Morgan fingerprint density at radius 3 is 2.80 bits per heavy atom. The van der Waals surface area contributed by atoms with Crippen LogP contribution in [0.1, 0.15) is 41.9 Å². The fraction of sp³-hybridized carbons (Fsp3) is 0.429. The van der Waals surface area contributed by atoms with Crippen LogP contribution in [0.4, 0.5) is 0 Å². The number of aromatic nitrogens is 4. The average Bonchev–Trinajstić information content (AvgIpc) is 2.95. The number of nitrogens with one attached hydrogen (secondary N) is 1. The number of likely N-dealkylation sites (N-methyl/N-ethyl adjacent to an activating group) is 1. The second-order valence-corrected chi connectivity index (χ2v) is 5.00. The van der Waals surface area contributed by atoms with E-state index in [1.807, 2.05) is 32.0 Å². The van der Waals surface area contributed by atoms with Gasteiger partial charge in [-0.15, -0.1) is 5.10 Å². The molecule has 1 N–H and O–H groups in total. The molecule has 2 heterocycles. The van der Waals surface area contributed by atoms with Crippen LogP contribution in [0.25, 0.3) is 0 Å². The predicted octanol–water partition coefficient (Wildman–Crippen LogP) is 1.64. The van der Waals surface area contributed by atoms with Gasteiger partial charge in [0.1, 0.15) is 5.82 Å². The van der Waals surface area contributed by atoms with Crippen LogP contribution >= 0.6 is 0 Å². The number of rotatable bonds is 5. The summed E-state index contributed by atoms with van der Waals surface area (Å²) in [5, 5.41) is 6.76. The summed E-state index contributed by atoms with van der Waals surface area (Å²) in [6.45, 7) is 4.58. The Labute approximate surface area is 118 Å². The highest BCUT2D eigenvalue weighted by molar-refractivity contribution is 5.90. The zero-order chi connectivity index (χ0) is 14.5. The number of carbonyl (C=O) groups excluding carboxylic acids is 1. The van der Waals surface area contributed by atoms with Gasteiger partial charge >= 0.3 is 0 Å². The molecule has 20 heavy (non-hydrogen) atoms. The van der Waals surface area contributed by atoms with E-state index in [0.29, 0.717) is 13.0 Å². The first kappa shape index (κ1) is 14.2. The first-order valence-corrected chi connectivity index (χ1v) is 6.65. The van der Waals surface area contributed by atoms with Gasteiger partial charge in [-0.2, -0.15) is 0 Å². The maximum Gasteiger partial charge on any atom is 0.293 e. The minimum absolute atomic E-state index is 0.177. The monoisotopic (exact) mass is 273 g/mol. The first-order chi connectivity index (χ1) is 9.58. The lowest BCUT2D eigenvalue weighted by Gasteiger charge is -2.14. The van der Waals surface area contributed by atoms with Crippen molar-refractivity contribution in [1.82, 2.24) is 25.1 Å². The predicted molar refractivity (Wildman–Crippen MR) is 75.4 cm³/mol. The molecular weight excluding hydrogens is 254 g/mol. The molecule has 0 fully saturated rings. The second-order valence-electron chi connectivity index (χ2n) is 5.00. The molecule has 6 nitrogen and oxygen atoms in total. The molecule has 2 aromatic rings. The summed E-state index contributed by atoms with van der Waals surface area (Å²) < 4.78 is 0. The van der Waals surface area contributed by atoms with Crippen molar-refractivity contribution < 1.29 is 4.79 Å². The molecule has 0 saturated heterocycles. The Bertz CT molecular complexity index is 564. The van der Waals surface area contributed by atoms with Crippen LogP contribution in [0.15, 0.2) is 24.4 Å². The molecule has 2 rings (SSSR count). The van der Waals surface area contributed by atoms with E-state index < -0.39 is 0 Å². The minimum Gasteiger partial charge on any atom is -0.339 e.